The van der Waals surface area contributed by atoms with Crippen molar-refractivity contribution in [1.29, 1.82) is 0 Å². The minimum Gasteiger partial charge on any atom is -0.469 e. The lowest BCUT2D eigenvalue weighted by Crippen LogP contribution is -2.39. The number of halogens is 3. The van der Waals surface area contributed by atoms with Crippen molar-refractivity contribution in [3.63, 3.8) is 0 Å². The van der Waals surface area contributed by atoms with Crippen molar-refractivity contribution in [1.82, 2.24) is 29.5 Å². The van der Waals surface area contributed by atoms with Gasteiger partial charge in [-0.15, -0.1) is 10.2 Å². The van der Waals surface area contributed by atoms with E-state index in [9.17, 15) is 13.2 Å². The van der Waals surface area contributed by atoms with Crippen LogP contribution in [0.15, 0.2) is 24.7 Å². The second-order valence-electron chi connectivity index (χ2n) is 7.74. The standard InChI is InChI=1S/C19H20F3N7O2/c20-19(21,22)14-8-24-17(26-16(14)31-13-9-30-10-13)25-12-4-1-3-11(7-12)15-27-28-18-23-5-2-6-29(15)18/h2,5-6,8,11-13H,1,3-4,7,9-10H2,(H,24,25,26)/t11-,12+/m0/s1. The highest BCUT2D eigenvalue weighted by Gasteiger charge is 2.38. The third-order valence-electron chi connectivity index (χ3n) is 5.53. The van der Waals surface area contributed by atoms with Crippen LogP contribution >= 0.6 is 0 Å². The molecule has 31 heavy (non-hydrogen) atoms. The number of fused-ring (bicyclic) bond motifs is 1. The predicted molar refractivity (Wildman–Crippen MR) is 102 cm³/mol. The van der Waals surface area contributed by atoms with Gasteiger partial charge in [0, 0.05) is 30.6 Å². The molecule has 0 bridgehead atoms. The lowest BCUT2D eigenvalue weighted by Gasteiger charge is -2.29. The molecular formula is C19H20F3N7O2. The maximum Gasteiger partial charge on any atom is 0.423 e. The van der Waals surface area contributed by atoms with E-state index in [2.05, 4.69) is 30.5 Å². The van der Waals surface area contributed by atoms with Gasteiger partial charge < -0.3 is 14.8 Å². The van der Waals surface area contributed by atoms with E-state index >= 15 is 0 Å². The van der Waals surface area contributed by atoms with E-state index in [0.717, 1.165) is 37.7 Å². The SMILES string of the molecule is FC(F)(F)c1cnc(N[C@@H]2CCC[C@H](c3nnc4ncccn34)C2)nc1OC1COC1. The molecule has 1 saturated carbocycles. The molecule has 2 fully saturated rings. The zero-order valence-electron chi connectivity index (χ0n) is 16.4. The topological polar surface area (TPSA) is 99.4 Å². The first-order valence-corrected chi connectivity index (χ1v) is 10.1. The lowest BCUT2D eigenvalue weighted by molar-refractivity contribution is -0.142. The molecule has 0 radical (unpaired) electrons. The van der Waals surface area contributed by atoms with Crippen molar-refractivity contribution in [2.45, 2.75) is 49.9 Å². The molecular weight excluding hydrogens is 415 g/mol. The molecule has 2 aliphatic rings. The molecule has 3 aromatic heterocycles. The van der Waals surface area contributed by atoms with Crippen molar-refractivity contribution in [2.75, 3.05) is 18.5 Å². The number of alkyl halides is 3. The summed E-state index contributed by atoms with van der Waals surface area (Å²) in [4.78, 5) is 12.1. The molecule has 9 nitrogen and oxygen atoms in total. The normalized spacial score (nSPS) is 22.3. The van der Waals surface area contributed by atoms with E-state index < -0.39 is 23.7 Å². The van der Waals surface area contributed by atoms with Gasteiger partial charge in [0.15, 0.2) is 0 Å². The van der Waals surface area contributed by atoms with Crippen molar-refractivity contribution in [2.24, 2.45) is 0 Å². The number of ether oxygens (including phenoxy) is 2. The van der Waals surface area contributed by atoms with Crippen LogP contribution in [-0.2, 0) is 10.9 Å². The molecule has 1 saturated heterocycles. The number of anilines is 1. The summed E-state index contributed by atoms with van der Waals surface area (Å²) in [5.74, 6) is 1.15. The quantitative estimate of drug-likeness (QED) is 0.653. The highest BCUT2D eigenvalue weighted by Crippen LogP contribution is 2.37. The molecule has 5 rings (SSSR count). The van der Waals surface area contributed by atoms with E-state index in [1.54, 1.807) is 6.20 Å². The fraction of sp³-hybridized carbons (Fsp3) is 0.526. The molecule has 1 aliphatic heterocycles. The molecule has 1 aliphatic carbocycles. The molecule has 1 N–H and O–H groups in total. The number of hydrogen-bond donors (Lipinski definition) is 1. The van der Waals surface area contributed by atoms with E-state index in [0.29, 0.717) is 5.78 Å². The molecule has 12 heteroatoms. The Labute approximate surface area is 175 Å². The third kappa shape index (κ3) is 4.11. The first kappa shape index (κ1) is 19.9. The number of rotatable bonds is 5. The molecule has 0 unspecified atom stereocenters. The minimum absolute atomic E-state index is 0.0144. The molecule has 2 atom stereocenters. The Morgan fingerprint density at radius 3 is 2.81 bits per heavy atom. The number of hydrogen-bond acceptors (Lipinski definition) is 8. The summed E-state index contributed by atoms with van der Waals surface area (Å²) in [6.07, 6.45) is 2.73. The predicted octanol–water partition coefficient (Wildman–Crippen LogP) is 2.85. The molecule has 0 aromatic carbocycles. The Bertz CT molecular complexity index is 1070. The minimum atomic E-state index is -4.60. The van der Waals surface area contributed by atoms with Crippen LogP contribution in [0.2, 0.25) is 0 Å². The van der Waals surface area contributed by atoms with Crippen LogP contribution in [-0.4, -0.2) is 54.9 Å². The maximum atomic E-state index is 13.3. The van der Waals surface area contributed by atoms with Gasteiger partial charge in [-0.2, -0.15) is 18.2 Å². The van der Waals surface area contributed by atoms with Gasteiger partial charge >= 0.3 is 6.18 Å². The van der Waals surface area contributed by atoms with Crippen LogP contribution in [0, 0.1) is 0 Å². The summed E-state index contributed by atoms with van der Waals surface area (Å²) in [7, 11) is 0. The summed E-state index contributed by atoms with van der Waals surface area (Å²) in [5.41, 5.74) is -0.992. The van der Waals surface area contributed by atoms with E-state index in [-0.39, 0.29) is 31.1 Å². The van der Waals surface area contributed by atoms with Crippen LogP contribution in [0.4, 0.5) is 19.1 Å². The first-order valence-electron chi connectivity index (χ1n) is 10.1. The highest BCUT2D eigenvalue weighted by atomic mass is 19.4. The zero-order valence-corrected chi connectivity index (χ0v) is 16.4. The van der Waals surface area contributed by atoms with E-state index in [4.69, 9.17) is 9.47 Å². The number of nitrogens with one attached hydrogen (secondary N) is 1. The second-order valence-corrected chi connectivity index (χ2v) is 7.74. The molecule has 164 valence electrons. The summed E-state index contributed by atoms with van der Waals surface area (Å²) >= 11 is 0. The Morgan fingerprint density at radius 2 is 2.03 bits per heavy atom. The van der Waals surface area contributed by atoms with Gasteiger partial charge in [0.2, 0.25) is 11.8 Å². The van der Waals surface area contributed by atoms with Crippen LogP contribution < -0.4 is 10.1 Å². The Hall–Kier alpha value is -3.02. The van der Waals surface area contributed by atoms with Crippen LogP contribution in [0.3, 0.4) is 0 Å². The monoisotopic (exact) mass is 435 g/mol. The lowest BCUT2D eigenvalue weighted by atomic mass is 9.85. The molecule has 4 heterocycles. The van der Waals surface area contributed by atoms with Crippen molar-refractivity contribution >= 4 is 11.7 Å². The summed E-state index contributed by atoms with van der Waals surface area (Å²) in [6.45, 7) is 0.491. The van der Waals surface area contributed by atoms with Gasteiger partial charge in [0.1, 0.15) is 17.5 Å². The Kier molecular flexibility index (Phi) is 5.08. The van der Waals surface area contributed by atoms with Gasteiger partial charge in [-0.3, -0.25) is 4.40 Å². The summed E-state index contributed by atoms with van der Waals surface area (Å²) < 4.78 is 52.2. The first-order chi connectivity index (χ1) is 15.0. The van der Waals surface area contributed by atoms with Gasteiger partial charge in [0.25, 0.3) is 5.78 Å². The Balaban J connectivity index is 1.33. The van der Waals surface area contributed by atoms with Gasteiger partial charge in [-0.1, -0.05) is 6.42 Å². The molecule has 0 amide bonds. The van der Waals surface area contributed by atoms with Crippen molar-refractivity contribution in [3.05, 3.63) is 36.0 Å². The van der Waals surface area contributed by atoms with Gasteiger partial charge in [-0.25, -0.2) is 9.97 Å². The summed E-state index contributed by atoms with van der Waals surface area (Å²) in [6, 6.07) is 1.81. The van der Waals surface area contributed by atoms with Crippen molar-refractivity contribution < 1.29 is 22.6 Å². The average molecular weight is 435 g/mol. The number of nitrogens with zero attached hydrogens (tertiary/aromatic N) is 6. The zero-order chi connectivity index (χ0) is 21.4. The fourth-order valence-electron chi connectivity index (χ4n) is 3.94. The summed E-state index contributed by atoms with van der Waals surface area (Å²) in [5, 5.41) is 11.6. The third-order valence-corrected chi connectivity index (χ3v) is 5.53. The van der Waals surface area contributed by atoms with Gasteiger partial charge in [0.05, 0.1) is 13.2 Å². The Morgan fingerprint density at radius 1 is 1.16 bits per heavy atom. The highest BCUT2D eigenvalue weighted by molar-refractivity contribution is 5.36. The van der Waals surface area contributed by atoms with E-state index in [1.807, 2.05) is 16.7 Å². The van der Waals surface area contributed by atoms with Crippen LogP contribution in [0.25, 0.3) is 5.78 Å². The van der Waals surface area contributed by atoms with Crippen molar-refractivity contribution in [3.8, 4) is 5.88 Å². The average Bonchev–Trinajstić information content (AvgIpc) is 3.14. The maximum absolute atomic E-state index is 13.3. The molecule has 3 aromatic rings. The van der Waals surface area contributed by atoms with Crippen LogP contribution in [0.5, 0.6) is 5.88 Å². The van der Waals surface area contributed by atoms with E-state index in [1.165, 1.54) is 0 Å². The second kappa shape index (κ2) is 7.91. The molecule has 0 spiro atoms. The number of aromatic nitrogens is 6. The largest absolute Gasteiger partial charge is 0.469 e. The van der Waals surface area contributed by atoms with Crippen LogP contribution in [0.1, 0.15) is 43.0 Å². The smallest absolute Gasteiger partial charge is 0.423 e. The van der Waals surface area contributed by atoms with Gasteiger partial charge in [-0.05, 0) is 25.3 Å². The fourth-order valence-corrected chi connectivity index (χ4v) is 3.94.